The monoisotopic (exact) mass is 220 g/mol. The summed E-state index contributed by atoms with van der Waals surface area (Å²) in [5, 5.41) is 15.5. The van der Waals surface area contributed by atoms with E-state index in [-0.39, 0.29) is 0 Å². The number of aryl methyl sites for hydroxylation is 2. The second-order valence-corrected chi connectivity index (χ2v) is 3.85. The molecule has 1 N–H and O–H groups in total. The van der Waals surface area contributed by atoms with Gasteiger partial charge in [-0.1, -0.05) is 5.21 Å². The van der Waals surface area contributed by atoms with Crippen molar-refractivity contribution in [3.05, 3.63) is 29.3 Å². The average molecular weight is 220 g/mol. The minimum absolute atomic E-state index is 0.665. The molecule has 6 nitrogen and oxygen atoms in total. The van der Waals surface area contributed by atoms with Gasteiger partial charge in [0.05, 0.1) is 12.2 Å². The smallest absolute Gasteiger partial charge is 0.104 e. The fraction of sp³-hybridized carbons (Fsp3) is 0.500. The van der Waals surface area contributed by atoms with Crippen molar-refractivity contribution in [2.24, 2.45) is 7.05 Å². The average Bonchev–Trinajstić information content (AvgIpc) is 2.76. The second-order valence-electron chi connectivity index (χ2n) is 3.85. The number of nitrogens with zero attached hydrogens (tertiary/aromatic N) is 5. The molecule has 0 aliphatic carbocycles. The first-order chi connectivity index (χ1) is 7.69. The van der Waals surface area contributed by atoms with E-state index in [1.54, 1.807) is 4.68 Å². The predicted molar refractivity (Wildman–Crippen MR) is 59.8 cm³/mol. The molecule has 0 unspecified atom stereocenters. The van der Waals surface area contributed by atoms with E-state index in [0.717, 1.165) is 17.9 Å². The molecule has 2 heterocycles. The summed E-state index contributed by atoms with van der Waals surface area (Å²) in [5.41, 5.74) is 3.19. The van der Waals surface area contributed by atoms with Crippen molar-refractivity contribution >= 4 is 0 Å². The van der Waals surface area contributed by atoms with Crippen LogP contribution in [-0.4, -0.2) is 31.8 Å². The molecule has 86 valence electrons. The van der Waals surface area contributed by atoms with Crippen LogP contribution in [0.2, 0.25) is 0 Å². The van der Waals surface area contributed by atoms with E-state index in [2.05, 4.69) is 20.7 Å². The molecule has 2 aromatic heterocycles. The zero-order chi connectivity index (χ0) is 11.5. The first-order valence-electron chi connectivity index (χ1n) is 5.22. The van der Waals surface area contributed by atoms with Gasteiger partial charge in [-0.05, 0) is 14.0 Å². The highest BCUT2D eigenvalue weighted by atomic mass is 15.4. The van der Waals surface area contributed by atoms with Crippen molar-refractivity contribution in [3.63, 3.8) is 0 Å². The van der Waals surface area contributed by atoms with E-state index >= 15 is 0 Å². The molecule has 0 aliphatic rings. The number of hydrogen-bond acceptors (Lipinski definition) is 4. The van der Waals surface area contributed by atoms with Crippen molar-refractivity contribution in [1.29, 1.82) is 0 Å². The fourth-order valence-corrected chi connectivity index (χ4v) is 1.64. The van der Waals surface area contributed by atoms with Crippen molar-refractivity contribution in [3.8, 4) is 0 Å². The van der Waals surface area contributed by atoms with Crippen molar-refractivity contribution in [2.75, 3.05) is 7.05 Å². The van der Waals surface area contributed by atoms with Crippen LogP contribution in [0, 0.1) is 6.92 Å². The summed E-state index contributed by atoms with van der Waals surface area (Å²) in [6, 6.07) is 0. The topological polar surface area (TPSA) is 60.6 Å². The maximum Gasteiger partial charge on any atom is 0.104 e. The Bertz CT molecular complexity index is 469. The molecule has 0 bridgehead atoms. The highest BCUT2D eigenvalue weighted by Crippen LogP contribution is 2.06. The van der Waals surface area contributed by atoms with Crippen LogP contribution in [0.5, 0.6) is 0 Å². The number of nitrogens with one attached hydrogen (secondary N) is 1. The van der Waals surface area contributed by atoms with E-state index in [4.69, 9.17) is 0 Å². The van der Waals surface area contributed by atoms with Crippen LogP contribution in [0.4, 0.5) is 0 Å². The van der Waals surface area contributed by atoms with Gasteiger partial charge >= 0.3 is 0 Å². The lowest BCUT2D eigenvalue weighted by atomic mass is 10.3. The summed E-state index contributed by atoms with van der Waals surface area (Å²) in [6.07, 6.45) is 3.94. The molecule has 0 atom stereocenters. The Kier molecular flexibility index (Phi) is 3.00. The van der Waals surface area contributed by atoms with Gasteiger partial charge in [0.25, 0.3) is 0 Å². The SMILES string of the molecule is CNCc1cn(Cc2cn(C)nn2)nc1C. The van der Waals surface area contributed by atoms with Crippen LogP contribution in [0.3, 0.4) is 0 Å². The molecule has 2 aromatic rings. The molecular formula is C10H16N6. The van der Waals surface area contributed by atoms with Gasteiger partial charge in [-0.2, -0.15) is 5.10 Å². The van der Waals surface area contributed by atoms with E-state index in [0.29, 0.717) is 6.54 Å². The van der Waals surface area contributed by atoms with Crippen LogP contribution in [0.15, 0.2) is 12.4 Å². The van der Waals surface area contributed by atoms with Gasteiger partial charge < -0.3 is 5.32 Å². The first kappa shape index (κ1) is 10.8. The highest BCUT2D eigenvalue weighted by Gasteiger charge is 2.05. The zero-order valence-electron chi connectivity index (χ0n) is 9.80. The summed E-state index contributed by atoms with van der Waals surface area (Å²) >= 11 is 0. The van der Waals surface area contributed by atoms with Gasteiger partial charge in [-0.3, -0.25) is 9.36 Å². The van der Waals surface area contributed by atoms with Crippen LogP contribution < -0.4 is 5.32 Å². The summed E-state index contributed by atoms with van der Waals surface area (Å²) < 4.78 is 3.59. The molecule has 0 fully saturated rings. The predicted octanol–water partition coefficient (Wildman–Crippen LogP) is 0.0877. The minimum Gasteiger partial charge on any atom is -0.316 e. The highest BCUT2D eigenvalue weighted by molar-refractivity contribution is 5.15. The standard InChI is InChI=1S/C10H16N6/c1-8-9(4-11-2)5-16(13-8)7-10-6-15(3)14-12-10/h5-6,11H,4,7H2,1-3H3. The molecule has 0 saturated heterocycles. The van der Waals surface area contributed by atoms with Gasteiger partial charge in [-0.15, -0.1) is 5.10 Å². The lowest BCUT2D eigenvalue weighted by molar-refractivity contribution is 0.661. The maximum atomic E-state index is 4.43. The van der Waals surface area contributed by atoms with Gasteiger partial charge in [0.15, 0.2) is 0 Å². The molecule has 16 heavy (non-hydrogen) atoms. The van der Waals surface area contributed by atoms with Gasteiger partial charge in [0, 0.05) is 31.5 Å². The Labute approximate surface area is 94.3 Å². The number of aromatic nitrogens is 5. The second kappa shape index (κ2) is 4.44. The fourth-order valence-electron chi connectivity index (χ4n) is 1.64. The Morgan fingerprint density at radius 3 is 2.81 bits per heavy atom. The largest absolute Gasteiger partial charge is 0.316 e. The number of rotatable bonds is 4. The van der Waals surface area contributed by atoms with E-state index in [1.165, 1.54) is 5.56 Å². The molecule has 0 aromatic carbocycles. The van der Waals surface area contributed by atoms with Gasteiger partial charge in [0.1, 0.15) is 5.69 Å². The van der Waals surface area contributed by atoms with Gasteiger partial charge in [0.2, 0.25) is 0 Å². The Morgan fingerprint density at radius 1 is 1.38 bits per heavy atom. The van der Waals surface area contributed by atoms with Crippen molar-refractivity contribution in [1.82, 2.24) is 30.1 Å². The lowest BCUT2D eigenvalue weighted by Crippen LogP contribution is -2.05. The molecule has 6 heteroatoms. The third-order valence-corrected chi connectivity index (χ3v) is 2.39. The Morgan fingerprint density at radius 2 is 2.19 bits per heavy atom. The molecule has 0 radical (unpaired) electrons. The molecule has 0 amide bonds. The van der Waals surface area contributed by atoms with Crippen LogP contribution in [-0.2, 0) is 20.1 Å². The van der Waals surface area contributed by atoms with Crippen LogP contribution in [0.1, 0.15) is 17.0 Å². The van der Waals surface area contributed by atoms with Gasteiger partial charge in [-0.25, -0.2) is 0 Å². The summed E-state index contributed by atoms with van der Waals surface area (Å²) in [6.45, 7) is 3.52. The third kappa shape index (κ3) is 2.27. The molecular weight excluding hydrogens is 204 g/mol. The summed E-state index contributed by atoms with van der Waals surface area (Å²) in [4.78, 5) is 0. The Hall–Kier alpha value is -1.69. The van der Waals surface area contributed by atoms with Crippen molar-refractivity contribution < 1.29 is 0 Å². The molecule has 2 rings (SSSR count). The molecule has 0 saturated carbocycles. The minimum atomic E-state index is 0.665. The van der Waals surface area contributed by atoms with Crippen LogP contribution in [0.25, 0.3) is 0 Å². The van der Waals surface area contributed by atoms with Crippen LogP contribution >= 0.6 is 0 Å². The van der Waals surface area contributed by atoms with E-state index in [9.17, 15) is 0 Å². The zero-order valence-corrected chi connectivity index (χ0v) is 9.80. The van der Waals surface area contributed by atoms with E-state index in [1.807, 2.05) is 38.1 Å². The van der Waals surface area contributed by atoms with E-state index < -0.39 is 0 Å². The number of hydrogen-bond donors (Lipinski definition) is 1. The Balaban J connectivity index is 2.13. The maximum absolute atomic E-state index is 4.43. The lowest BCUT2D eigenvalue weighted by Gasteiger charge is -1.95. The third-order valence-electron chi connectivity index (χ3n) is 2.39. The quantitative estimate of drug-likeness (QED) is 0.793. The summed E-state index contributed by atoms with van der Waals surface area (Å²) in [5.74, 6) is 0. The molecule has 0 aliphatic heterocycles. The van der Waals surface area contributed by atoms with Crippen molar-refractivity contribution in [2.45, 2.75) is 20.0 Å². The normalized spacial score (nSPS) is 10.9. The first-order valence-corrected chi connectivity index (χ1v) is 5.22. The summed E-state index contributed by atoms with van der Waals surface area (Å²) in [7, 11) is 3.79. The molecule has 0 spiro atoms.